The lowest BCUT2D eigenvalue weighted by atomic mass is 10.1. The zero-order valence-corrected chi connectivity index (χ0v) is 10.8. The monoisotopic (exact) mass is 293 g/mol. The molecule has 0 radical (unpaired) electrons. The van der Waals surface area contributed by atoms with Crippen LogP contribution in [0, 0.1) is 11.3 Å². The largest absolute Gasteiger partial charge is 0.310 e. The van der Waals surface area contributed by atoms with Crippen molar-refractivity contribution in [2.75, 3.05) is 18.0 Å². The maximum atomic E-state index is 12.1. The Kier molecular flexibility index (Phi) is 3.77. The third-order valence-electron chi connectivity index (χ3n) is 2.71. The van der Waals surface area contributed by atoms with Crippen LogP contribution < -0.4 is 10.2 Å². The minimum absolute atomic E-state index is 0.0316. The molecule has 1 aliphatic heterocycles. The Hall–Kier alpha value is -1.38. The van der Waals surface area contributed by atoms with E-state index < -0.39 is 0 Å². The fourth-order valence-electron chi connectivity index (χ4n) is 1.89. The molecule has 1 saturated heterocycles. The van der Waals surface area contributed by atoms with Gasteiger partial charge in [0.05, 0.1) is 12.5 Å². The van der Waals surface area contributed by atoms with Crippen LogP contribution in [-0.4, -0.2) is 25.0 Å². The smallest absolute Gasteiger partial charge is 0.245 e. The molecule has 1 aromatic carbocycles. The Morgan fingerprint density at radius 3 is 3.12 bits per heavy atom. The summed E-state index contributed by atoms with van der Waals surface area (Å²) in [4.78, 5) is 13.8. The van der Waals surface area contributed by atoms with Gasteiger partial charge in [-0.25, -0.2) is 0 Å². The average Bonchev–Trinajstić information content (AvgIpc) is 2.32. The topological polar surface area (TPSA) is 56.1 Å². The second-order valence-electron chi connectivity index (χ2n) is 3.84. The summed E-state index contributed by atoms with van der Waals surface area (Å²) in [6, 6.07) is 9.28. The normalized spacial score (nSPS) is 20.1. The molecule has 1 N–H and O–H groups in total. The molecule has 1 unspecified atom stereocenters. The first-order valence-electron chi connectivity index (χ1n) is 5.39. The minimum atomic E-state index is -0.382. The number of hydrogen-bond acceptors (Lipinski definition) is 3. The second-order valence-corrected chi connectivity index (χ2v) is 4.75. The first-order valence-corrected chi connectivity index (χ1v) is 6.19. The zero-order chi connectivity index (χ0) is 12.3. The van der Waals surface area contributed by atoms with Crippen LogP contribution in [0.2, 0.25) is 0 Å². The first-order chi connectivity index (χ1) is 8.22. The molecule has 1 amide bonds. The highest BCUT2D eigenvalue weighted by atomic mass is 79.9. The summed E-state index contributed by atoms with van der Waals surface area (Å²) in [6.45, 7) is 1.35. The van der Waals surface area contributed by atoms with Crippen LogP contribution in [0.3, 0.4) is 0 Å². The van der Waals surface area contributed by atoms with Gasteiger partial charge in [0.15, 0.2) is 0 Å². The molecule has 0 bridgehead atoms. The van der Waals surface area contributed by atoms with Crippen molar-refractivity contribution in [3.05, 3.63) is 28.7 Å². The van der Waals surface area contributed by atoms with Crippen molar-refractivity contribution in [1.29, 1.82) is 5.26 Å². The van der Waals surface area contributed by atoms with Gasteiger partial charge >= 0.3 is 0 Å². The lowest BCUT2D eigenvalue weighted by Crippen LogP contribution is -2.55. The van der Waals surface area contributed by atoms with Crippen molar-refractivity contribution in [3.8, 4) is 6.07 Å². The number of nitrogens with one attached hydrogen (secondary N) is 1. The highest BCUT2D eigenvalue weighted by Crippen LogP contribution is 2.21. The molecule has 2 rings (SSSR count). The van der Waals surface area contributed by atoms with Crippen molar-refractivity contribution in [2.45, 2.75) is 12.5 Å². The predicted octanol–water partition coefficient (Wildman–Crippen LogP) is 1.67. The molecule has 88 valence electrons. The fraction of sp³-hybridized carbons (Fsp3) is 0.333. The van der Waals surface area contributed by atoms with E-state index in [4.69, 9.17) is 5.26 Å². The van der Waals surface area contributed by atoms with Gasteiger partial charge in [-0.1, -0.05) is 22.0 Å². The van der Waals surface area contributed by atoms with Crippen LogP contribution in [0.25, 0.3) is 0 Å². The van der Waals surface area contributed by atoms with Crippen molar-refractivity contribution >= 4 is 27.5 Å². The molecule has 1 fully saturated rings. The number of nitriles is 1. The first kappa shape index (κ1) is 12.1. The molecule has 5 heteroatoms. The maximum Gasteiger partial charge on any atom is 0.245 e. The third kappa shape index (κ3) is 2.65. The average molecular weight is 294 g/mol. The lowest BCUT2D eigenvalue weighted by Gasteiger charge is -2.32. The molecule has 0 saturated carbocycles. The summed E-state index contributed by atoms with van der Waals surface area (Å²) in [5, 5.41) is 11.7. The SMILES string of the molecule is N#CCC1NCCN(c2cccc(Br)c2)C1=O. The number of piperazine rings is 1. The van der Waals surface area contributed by atoms with Gasteiger partial charge in [0, 0.05) is 23.2 Å². The van der Waals surface area contributed by atoms with Crippen LogP contribution in [0.15, 0.2) is 28.7 Å². The number of hydrogen-bond donors (Lipinski definition) is 1. The second kappa shape index (κ2) is 5.30. The van der Waals surface area contributed by atoms with Crippen molar-refractivity contribution in [3.63, 3.8) is 0 Å². The number of carbonyl (C=O) groups is 1. The van der Waals surface area contributed by atoms with E-state index in [2.05, 4.69) is 21.2 Å². The highest BCUT2D eigenvalue weighted by Gasteiger charge is 2.28. The molecular weight excluding hydrogens is 282 g/mol. The Morgan fingerprint density at radius 2 is 2.41 bits per heavy atom. The van der Waals surface area contributed by atoms with E-state index in [1.807, 2.05) is 30.3 Å². The maximum absolute atomic E-state index is 12.1. The van der Waals surface area contributed by atoms with Gasteiger partial charge in [-0.2, -0.15) is 5.26 Å². The highest BCUT2D eigenvalue weighted by molar-refractivity contribution is 9.10. The summed E-state index contributed by atoms with van der Waals surface area (Å²) in [5.41, 5.74) is 0.869. The molecule has 0 spiro atoms. The standard InChI is InChI=1S/C12H12BrN3O/c13-9-2-1-3-10(8-9)16-7-6-15-11(4-5-14)12(16)17/h1-3,8,11,15H,4,6-7H2. The van der Waals surface area contributed by atoms with Crippen LogP contribution >= 0.6 is 15.9 Å². The minimum Gasteiger partial charge on any atom is -0.310 e. The van der Waals surface area contributed by atoms with Crippen LogP contribution in [-0.2, 0) is 4.79 Å². The number of rotatable bonds is 2. The molecule has 17 heavy (non-hydrogen) atoms. The van der Waals surface area contributed by atoms with E-state index in [9.17, 15) is 4.79 Å². The summed E-state index contributed by atoms with van der Waals surface area (Å²) in [7, 11) is 0. The summed E-state index contributed by atoms with van der Waals surface area (Å²) in [5.74, 6) is -0.0316. The van der Waals surface area contributed by atoms with Gasteiger partial charge in [-0.05, 0) is 18.2 Å². The van der Waals surface area contributed by atoms with E-state index in [0.717, 1.165) is 10.2 Å². The van der Waals surface area contributed by atoms with E-state index in [1.54, 1.807) is 4.90 Å². The lowest BCUT2D eigenvalue weighted by molar-refractivity contribution is -0.121. The predicted molar refractivity (Wildman–Crippen MR) is 68.5 cm³/mol. The van der Waals surface area contributed by atoms with E-state index in [1.165, 1.54) is 0 Å². The van der Waals surface area contributed by atoms with E-state index in [0.29, 0.717) is 13.1 Å². The molecule has 1 heterocycles. The van der Waals surface area contributed by atoms with E-state index in [-0.39, 0.29) is 18.4 Å². The molecular formula is C12H12BrN3O. The molecule has 1 atom stereocenters. The molecule has 0 aliphatic carbocycles. The van der Waals surface area contributed by atoms with Crippen molar-refractivity contribution < 1.29 is 4.79 Å². The molecule has 4 nitrogen and oxygen atoms in total. The summed E-state index contributed by atoms with van der Waals surface area (Å²) in [6.07, 6.45) is 0.212. The zero-order valence-electron chi connectivity index (χ0n) is 9.19. The van der Waals surface area contributed by atoms with Gasteiger partial charge in [0.2, 0.25) is 5.91 Å². The summed E-state index contributed by atoms with van der Waals surface area (Å²) >= 11 is 3.39. The van der Waals surface area contributed by atoms with Crippen LogP contribution in [0.1, 0.15) is 6.42 Å². The number of carbonyl (C=O) groups excluding carboxylic acids is 1. The molecule has 1 aromatic rings. The number of benzene rings is 1. The van der Waals surface area contributed by atoms with Crippen molar-refractivity contribution in [2.24, 2.45) is 0 Å². The number of amides is 1. The number of anilines is 1. The van der Waals surface area contributed by atoms with Gasteiger partial charge in [-0.3, -0.25) is 4.79 Å². The van der Waals surface area contributed by atoms with Crippen molar-refractivity contribution in [1.82, 2.24) is 5.32 Å². The Bertz CT molecular complexity index is 469. The van der Waals surface area contributed by atoms with Gasteiger partial charge in [0.1, 0.15) is 6.04 Å². The Labute approximate surface area is 108 Å². The number of nitrogens with zero attached hydrogens (tertiary/aromatic N) is 2. The van der Waals surface area contributed by atoms with Gasteiger partial charge in [0.25, 0.3) is 0 Å². The van der Waals surface area contributed by atoms with Gasteiger partial charge in [-0.15, -0.1) is 0 Å². The molecule has 1 aliphatic rings. The van der Waals surface area contributed by atoms with Crippen LogP contribution in [0.5, 0.6) is 0 Å². The third-order valence-corrected chi connectivity index (χ3v) is 3.20. The van der Waals surface area contributed by atoms with E-state index >= 15 is 0 Å². The molecule has 0 aromatic heterocycles. The fourth-order valence-corrected chi connectivity index (χ4v) is 2.27. The quantitative estimate of drug-likeness (QED) is 0.902. The van der Waals surface area contributed by atoms with Crippen LogP contribution in [0.4, 0.5) is 5.69 Å². The summed E-state index contributed by atoms with van der Waals surface area (Å²) < 4.78 is 0.943. The Balaban J connectivity index is 2.21. The Morgan fingerprint density at radius 1 is 1.59 bits per heavy atom. The van der Waals surface area contributed by atoms with Gasteiger partial charge < -0.3 is 10.2 Å². The number of halogens is 1.